The fraction of sp³-hybridized carbons (Fsp3) is 0.355. The molecule has 0 bridgehead atoms. The number of rotatable bonds is 5. The van der Waals surface area contributed by atoms with Gasteiger partial charge in [-0.2, -0.15) is 0 Å². The summed E-state index contributed by atoms with van der Waals surface area (Å²) >= 11 is 0. The minimum Gasteiger partial charge on any atom is -0.392 e. The molecule has 0 fully saturated rings. The van der Waals surface area contributed by atoms with Crippen molar-refractivity contribution in [3.05, 3.63) is 77.1 Å². The first-order valence-corrected chi connectivity index (χ1v) is 13.2. The molecule has 1 unspecified atom stereocenters. The maximum absolute atomic E-state index is 12.7. The lowest BCUT2D eigenvalue weighted by Gasteiger charge is -2.37. The standard InChI is InChI=1S/C31H34N4O2/c1-19(36)16-35(3)31(37)21-9-7-20(8-10-21)28-15-33-30-27(28)13-25(14-32-30)24-11-22-5-4-6-23-17-34(2)18-26(12-24)29(22)23/h7-15,19,23,36H,4-6,16-18H2,1-3H3,(H,32,33)/t19-,23?/m1/s1. The summed E-state index contributed by atoms with van der Waals surface area (Å²) in [5, 5.41) is 10.7. The number of aryl methyl sites for hydroxylation is 1. The Bertz CT molecular complexity index is 1470. The van der Waals surface area contributed by atoms with Crippen molar-refractivity contribution >= 4 is 16.9 Å². The zero-order valence-corrected chi connectivity index (χ0v) is 21.8. The summed E-state index contributed by atoms with van der Waals surface area (Å²) in [6.45, 7) is 4.16. The summed E-state index contributed by atoms with van der Waals surface area (Å²) in [7, 11) is 3.94. The van der Waals surface area contributed by atoms with Crippen LogP contribution < -0.4 is 0 Å². The Hall–Kier alpha value is -3.48. The molecule has 2 aromatic carbocycles. The maximum Gasteiger partial charge on any atom is 0.253 e. The van der Waals surface area contributed by atoms with Crippen molar-refractivity contribution in [3.8, 4) is 22.3 Å². The van der Waals surface area contributed by atoms with Crippen molar-refractivity contribution in [2.75, 3.05) is 27.2 Å². The van der Waals surface area contributed by atoms with E-state index in [4.69, 9.17) is 4.98 Å². The van der Waals surface area contributed by atoms with E-state index in [-0.39, 0.29) is 5.91 Å². The number of nitrogens with zero attached hydrogens (tertiary/aromatic N) is 3. The van der Waals surface area contributed by atoms with Gasteiger partial charge in [-0.15, -0.1) is 0 Å². The van der Waals surface area contributed by atoms with Gasteiger partial charge in [-0.25, -0.2) is 4.98 Å². The van der Waals surface area contributed by atoms with Gasteiger partial charge in [0.1, 0.15) is 5.65 Å². The van der Waals surface area contributed by atoms with Gasteiger partial charge >= 0.3 is 0 Å². The zero-order chi connectivity index (χ0) is 25.7. The highest BCUT2D eigenvalue weighted by atomic mass is 16.3. The van der Waals surface area contributed by atoms with Crippen LogP contribution in [0, 0.1) is 0 Å². The average molecular weight is 495 g/mol. The molecule has 0 radical (unpaired) electrons. The lowest BCUT2D eigenvalue weighted by atomic mass is 9.76. The molecule has 0 spiro atoms. The molecular formula is C31H34N4O2. The molecule has 0 saturated carbocycles. The number of nitrogens with one attached hydrogen (secondary N) is 1. The minimum atomic E-state index is -0.558. The number of hydrogen-bond donors (Lipinski definition) is 2. The van der Waals surface area contributed by atoms with Gasteiger partial charge in [-0.3, -0.25) is 4.79 Å². The fourth-order valence-electron chi connectivity index (χ4n) is 6.30. The molecule has 1 aliphatic carbocycles. The number of likely N-dealkylation sites (N-methyl/N-ethyl adjacent to an activating group) is 2. The van der Waals surface area contributed by atoms with Crippen molar-refractivity contribution in [3.63, 3.8) is 0 Å². The van der Waals surface area contributed by atoms with Crippen molar-refractivity contribution in [2.24, 2.45) is 0 Å². The number of carbonyl (C=O) groups excluding carboxylic acids is 1. The molecule has 6 rings (SSSR count). The van der Waals surface area contributed by atoms with E-state index in [1.165, 1.54) is 42.5 Å². The number of fused-ring (bicyclic) bond motifs is 1. The molecule has 2 N–H and O–H groups in total. The molecule has 3 heterocycles. The molecular weight excluding hydrogens is 460 g/mol. The van der Waals surface area contributed by atoms with E-state index >= 15 is 0 Å². The summed E-state index contributed by atoms with van der Waals surface area (Å²) in [5.74, 6) is 0.574. The third kappa shape index (κ3) is 4.45. The third-order valence-corrected chi connectivity index (χ3v) is 7.92. The maximum atomic E-state index is 12.7. The average Bonchev–Trinajstić information content (AvgIpc) is 3.31. The lowest BCUT2D eigenvalue weighted by Crippen LogP contribution is -2.33. The predicted octanol–water partition coefficient (Wildman–Crippen LogP) is 5.22. The van der Waals surface area contributed by atoms with Crippen LogP contribution in [0.1, 0.15) is 52.7 Å². The smallest absolute Gasteiger partial charge is 0.253 e. The Morgan fingerprint density at radius 1 is 1.16 bits per heavy atom. The van der Waals surface area contributed by atoms with Crippen molar-refractivity contribution in [2.45, 2.75) is 44.8 Å². The molecule has 0 saturated heterocycles. The Morgan fingerprint density at radius 3 is 2.73 bits per heavy atom. The number of H-pyrrole nitrogens is 1. The van der Waals surface area contributed by atoms with Gasteiger partial charge < -0.3 is 19.9 Å². The summed E-state index contributed by atoms with van der Waals surface area (Å²) in [5.41, 5.74) is 10.5. The summed E-state index contributed by atoms with van der Waals surface area (Å²) < 4.78 is 0. The molecule has 2 atom stereocenters. The number of pyridine rings is 1. The highest BCUT2D eigenvalue weighted by molar-refractivity contribution is 5.98. The van der Waals surface area contributed by atoms with Crippen molar-refractivity contribution in [1.29, 1.82) is 0 Å². The highest BCUT2D eigenvalue weighted by Crippen LogP contribution is 2.41. The molecule has 2 aliphatic rings. The number of aliphatic hydroxyl groups excluding tert-OH is 1. The number of carbonyl (C=O) groups is 1. The van der Waals surface area contributed by atoms with Crippen LogP contribution in [-0.2, 0) is 13.0 Å². The minimum absolute atomic E-state index is 0.0976. The van der Waals surface area contributed by atoms with Gasteiger partial charge in [0.2, 0.25) is 0 Å². The zero-order valence-electron chi connectivity index (χ0n) is 21.8. The topological polar surface area (TPSA) is 72.5 Å². The van der Waals surface area contributed by atoms with Crippen molar-refractivity contribution in [1.82, 2.24) is 19.8 Å². The molecule has 1 aliphatic heterocycles. The first kappa shape index (κ1) is 23.9. The second-order valence-electron chi connectivity index (χ2n) is 10.9. The van der Waals surface area contributed by atoms with E-state index in [0.29, 0.717) is 18.0 Å². The Kier molecular flexibility index (Phi) is 6.09. The SMILES string of the molecule is C[C@@H](O)CN(C)C(=O)c1ccc(-c2c[nH]c3ncc(-c4cc5c6c(c4)CN(C)CC6CCC5)cc23)cc1. The number of benzene rings is 2. The van der Waals surface area contributed by atoms with Crippen molar-refractivity contribution < 1.29 is 9.90 Å². The summed E-state index contributed by atoms with van der Waals surface area (Å²) in [6, 6.07) is 14.7. The number of aliphatic hydroxyl groups is 1. The first-order chi connectivity index (χ1) is 17.9. The van der Waals surface area contributed by atoms with E-state index in [1.807, 2.05) is 36.7 Å². The summed E-state index contributed by atoms with van der Waals surface area (Å²) in [6.07, 6.45) is 7.14. The van der Waals surface area contributed by atoms with Crippen LogP contribution in [0.15, 0.2) is 54.9 Å². The van der Waals surface area contributed by atoms with Gasteiger partial charge in [0, 0.05) is 61.2 Å². The number of amides is 1. The lowest BCUT2D eigenvalue weighted by molar-refractivity contribution is 0.0703. The van der Waals surface area contributed by atoms with Crippen LogP contribution in [0.3, 0.4) is 0 Å². The second-order valence-corrected chi connectivity index (χ2v) is 10.9. The molecule has 6 nitrogen and oxygen atoms in total. The largest absolute Gasteiger partial charge is 0.392 e. The van der Waals surface area contributed by atoms with Crippen LogP contribution in [0.25, 0.3) is 33.3 Å². The van der Waals surface area contributed by atoms with Crippen LogP contribution >= 0.6 is 0 Å². The third-order valence-electron chi connectivity index (χ3n) is 7.92. The molecule has 37 heavy (non-hydrogen) atoms. The van der Waals surface area contributed by atoms with E-state index in [2.05, 4.69) is 35.1 Å². The van der Waals surface area contributed by atoms with E-state index in [1.54, 1.807) is 24.4 Å². The van der Waals surface area contributed by atoms with Gasteiger partial charge in [-0.1, -0.05) is 18.2 Å². The number of hydrogen-bond acceptors (Lipinski definition) is 4. The van der Waals surface area contributed by atoms with Gasteiger partial charge in [0.05, 0.1) is 6.10 Å². The Labute approximate surface area is 217 Å². The Balaban J connectivity index is 1.34. The van der Waals surface area contributed by atoms with Crippen LogP contribution in [-0.4, -0.2) is 64.1 Å². The molecule has 1 amide bonds. The van der Waals surface area contributed by atoms with E-state index in [0.717, 1.165) is 34.3 Å². The first-order valence-electron chi connectivity index (χ1n) is 13.2. The molecule has 190 valence electrons. The van der Waals surface area contributed by atoms with Crippen LogP contribution in [0.5, 0.6) is 0 Å². The van der Waals surface area contributed by atoms with Crippen LogP contribution in [0.4, 0.5) is 0 Å². The second kappa shape index (κ2) is 9.43. The predicted molar refractivity (Wildman–Crippen MR) is 148 cm³/mol. The molecule has 6 heteroatoms. The van der Waals surface area contributed by atoms with Gasteiger partial charge in [-0.05, 0) is 91.2 Å². The van der Waals surface area contributed by atoms with Crippen LogP contribution in [0.2, 0.25) is 0 Å². The van der Waals surface area contributed by atoms with Gasteiger partial charge in [0.15, 0.2) is 0 Å². The number of aromatic nitrogens is 2. The number of aromatic amines is 1. The molecule has 2 aromatic heterocycles. The molecule has 4 aromatic rings. The highest BCUT2D eigenvalue weighted by Gasteiger charge is 2.29. The quantitative estimate of drug-likeness (QED) is 0.399. The monoisotopic (exact) mass is 494 g/mol. The Morgan fingerprint density at radius 2 is 1.95 bits per heavy atom. The normalized spacial score (nSPS) is 18.0. The van der Waals surface area contributed by atoms with E-state index in [9.17, 15) is 9.90 Å². The van der Waals surface area contributed by atoms with Gasteiger partial charge in [0.25, 0.3) is 5.91 Å². The van der Waals surface area contributed by atoms with E-state index < -0.39 is 6.10 Å². The fourth-order valence-corrected chi connectivity index (χ4v) is 6.30. The summed E-state index contributed by atoms with van der Waals surface area (Å²) in [4.78, 5) is 24.8.